The summed E-state index contributed by atoms with van der Waals surface area (Å²) in [5, 5.41) is 2.49. The van der Waals surface area contributed by atoms with E-state index < -0.39 is 5.38 Å². The number of methoxy groups -OCH3 is 1. The van der Waals surface area contributed by atoms with Crippen LogP contribution in [0.2, 0.25) is 5.02 Å². The molecule has 0 unspecified atom stereocenters. The summed E-state index contributed by atoms with van der Waals surface area (Å²) in [6, 6.07) is 4.98. The summed E-state index contributed by atoms with van der Waals surface area (Å²) in [6.07, 6.45) is 0. The molecule has 0 radical (unpaired) electrons. The first kappa shape index (κ1) is 12.1. The molecule has 0 spiro atoms. The first-order chi connectivity index (χ1) is 7.04. The van der Waals surface area contributed by atoms with E-state index in [1.165, 1.54) is 7.11 Å². The van der Waals surface area contributed by atoms with Crippen molar-refractivity contribution in [2.24, 2.45) is 0 Å². The topological polar surface area (TPSA) is 38.3 Å². The number of anilines is 1. The van der Waals surface area contributed by atoms with E-state index in [9.17, 15) is 4.79 Å². The molecule has 1 rings (SSSR count). The number of nitrogens with one attached hydrogen (secondary N) is 1. The number of amides is 1. The number of carbonyl (C=O) groups excluding carboxylic acids is 1. The summed E-state index contributed by atoms with van der Waals surface area (Å²) in [6.45, 7) is 1.60. The molecule has 5 heteroatoms. The molecule has 3 nitrogen and oxygen atoms in total. The van der Waals surface area contributed by atoms with Crippen LogP contribution < -0.4 is 10.1 Å². The number of rotatable bonds is 3. The Balaban J connectivity index is 2.80. The Kier molecular flexibility index (Phi) is 4.24. The van der Waals surface area contributed by atoms with Crippen molar-refractivity contribution in [3.05, 3.63) is 23.2 Å². The van der Waals surface area contributed by atoms with Gasteiger partial charge in [-0.3, -0.25) is 4.79 Å². The van der Waals surface area contributed by atoms with E-state index in [0.717, 1.165) is 0 Å². The lowest BCUT2D eigenvalue weighted by atomic mass is 10.3. The molecule has 82 valence electrons. The highest BCUT2D eigenvalue weighted by Gasteiger charge is 2.10. The third kappa shape index (κ3) is 3.29. The van der Waals surface area contributed by atoms with Crippen LogP contribution in [0.4, 0.5) is 5.69 Å². The van der Waals surface area contributed by atoms with E-state index in [1.807, 2.05) is 0 Å². The average Bonchev–Trinajstić information content (AvgIpc) is 2.18. The normalized spacial score (nSPS) is 12.0. The minimum atomic E-state index is -0.578. The first-order valence-corrected chi connectivity index (χ1v) is 5.14. The van der Waals surface area contributed by atoms with Crippen molar-refractivity contribution in [1.82, 2.24) is 0 Å². The van der Waals surface area contributed by atoms with Crippen LogP contribution in [0.5, 0.6) is 5.75 Å². The molecule has 0 saturated heterocycles. The highest BCUT2D eigenvalue weighted by molar-refractivity contribution is 6.33. The molecule has 0 bridgehead atoms. The van der Waals surface area contributed by atoms with Gasteiger partial charge in [0, 0.05) is 5.69 Å². The van der Waals surface area contributed by atoms with E-state index in [0.29, 0.717) is 16.5 Å². The van der Waals surface area contributed by atoms with Gasteiger partial charge in [0.05, 0.1) is 12.1 Å². The third-order valence-corrected chi connectivity index (χ3v) is 2.27. The molecule has 0 aliphatic heterocycles. The second-order valence-electron chi connectivity index (χ2n) is 2.95. The molecule has 0 fully saturated rings. The zero-order chi connectivity index (χ0) is 11.4. The number of hydrogen-bond donors (Lipinski definition) is 1. The minimum absolute atomic E-state index is 0.266. The van der Waals surface area contributed by atoms with Crippen molar-refractivity contribution in [1.29, 1.82) is 0 Å². The van der Waals surface area contributed by atoms with Gasteiger partial charge in [0.15, 0.2) is 0 Å². The summed E-state index contributed by atoms with van der Waals surface area (Å²) < 4.78 is 4.98. The molecule has 1 N–H and O–H groups in total. The van der Waals surface area contributed by atoms with Crippen LogP contribution >= 0.6 is 23.2 Å². The SMILES string of the molecule is COc1ccc(NC(=O)[C@H](C)Cl)cc1Cl. The van der Waals surface area contributed by atoms with Crippen LogP contribution in [0.3, 0.4) is 0 Å². The Labute approximate surface area is 98.3 Å². The Bertz CT molecular complexity index is 366. The van der Waals surface area contributed by atoms with E-state index in [1.54, 1.807) is 25.1 Å². The van der Waals surface area contributed by atoms with Crippen LogP contribution in [0.15, 0.2) is 18.2 Å². The predicted octanol–water partition coefficient (Wildman–Crippen LogP) is 2.91. The number of alkyl halides is 1. The number of benzene rings is 1. The van der Waals surface area contributed by atoms with Gasteiger partial charge in [-0.05, 0) is 25.1 Å². The standard InChI is InChI=1S/C10H11Cl2NO2/c1-6(11)10(14)13-7-3-4-9(15-2)8(12)5-7/h3-6H,1-2H3,(H,13,14)/t6-/m0/s1. The maximum absolute atomic E-state index is 11.3. The van der Waals surface area contributed by atoms with Gasteiger partial charge in [0.25, 0.3) is 0 Å². The van der Waals surface area contributed by atoms with Gasteiger partial charge in [0.2, 0.25) is 5.91 Å². The van der Waals surface area contributed by atoms with Gasteiger partial charge < -0.3 is 10.1 Å². The Morgan fingerprint density at radius 2 is 2.20 bits per heavy atom. The number of halogens is 2. The van der Waals surface area contributed by atoms with Gasteiger partial charge in [-0.1, -0.05) is 11.6 Å². The quantitative estimate of drug-likeness (QED) is 0.835. The molecule has 0 aliphatic carbocycles. The van der Waals surface area contributed by atoms with Crippen molar-refractivity contribution >= 4 is 34.8 Å². The van der Waals surface area contributed by atoms with Crippen molar-refractivity contribution in [3.63, 3.8) is 0 Å². The summed E-state index contributed by atoms with van der Waals surface area (Å²) in [5.74, 6) is 0.298. The van der Waals surface area contributed by atoms with Crippen molar-refractivity contribution in [2.45, 2.75) is 12.3 Å². The van der Waals surface area contributed by atoms with Gasteiger partial charge >= 0.3 is 0 Å². The minimum Gasteiger partial charge on any atom is -0.495 e. The predicted molar refractivity (Wildman–Crippen MR) is 61.9 cm³/mol. The van der Waals surface area contributed by atoms with E-state index in [2.05, 4.69) is 5.32 Å². The van der Waals surface area contributed by atoms with Crippen LogP contribution in [0, 0.1) is 0 Å². The summed E-state index contributed by atoms with van der Waals surface area (Å²) in [4.78, 5) is 11.3. The lowest BCUT2D eigenvalue weighted by molar-refractivity contribution is -0.115. The highest BCUT2D eigenvalue weighted by atomic mass is 35.5. The van der Waals surface area contributed by atoms with Gasteiger partial charge in [-0.25, -0.2) is 0 Å². The average molecular weight is 248 g/mol. The molecule has 1 atom stereocenters. The zero-order valence-electron chi connectivity index (χ0n) is 8.38. The zero-order valence-corrected chi connectivity index (χ0v) is 9.89. The fourth-order valence-electron chi connectivity index (χ4n) is 0.986. The number of ether oxygens (including phenoxy) is 1. The lowest BCUT2D eigenvalue weighted by Crippen LogP contribution is -2.20. The van der Waals surface area contributed by atoms with Crippen LogP contribution in [-0.4, -0.2) is 18.4 Å². The second-order valence-corrected chi connectivity index (χ2v) is 4.02. The van der Waals surface area contributed by atoms with Crippen molar-refractivity contribution in [2.75, 3.05) is 12.4 Å². The number of carbonyl (C=O) groups is 1. The monoisotopic (exact) mass is 247 g/mol. The Morgan fingerprint density at radius 3 is 2.67 bits per heavy atom. The smallest absolute Gasteiger partial charge is 0.242 e. The molecular weight excluding hydrogens is 237 g/mol. The number of hydrogen-bond acceptors (Lipinski definition) is 2. The molecule has 15 heavy (non-hydrogen) atoms. The fraction of sp³-hybridized carbons (Fsp3) is 0.300. The van der Waals surface area contributed by atoms with E-state index >= 15 is 0 Å². The molecule has 0 aromatic heterocycles. The van der Waals surface area contributed by atoms with Crippen LogP contribution in [0.25, 0.3) is 0 Å². The van der Waals surface area contributed by atoms with E-state index in [-0.39, 0.29) is 5.91 Å². The molecule has 0 saturated carbocycles. The summed E-state index contributed by atoms with van der Waals surface area (Å²) in [5.41, 5.74) is 0.596. The second kappa shape index (κ2) is 5.24. The maximum Gasteiger partial charge on any atom is 0.242 e. The van der Waals surface area contributed by atoms with Gasteiger partial charge in [-0.15, -0.1) is 11.6 Å². The first-order valence-electron chi connectivity index (χ1n) is 4.33. The molecule has 0 aliphatic rings. The molecule has 1 aromatic rings. The van der Waals surface area contributed by atoms with Crippen LogP contribution in [-0.2, 0) is 4.79 Å². The Morgan fingerprint density at radius 1 is 1.53 bits per heavy atom. The molecule has 1 aromatic carbocycles. The molecule has 1 amide bonds. The summed E-state index contributed by atoms with van der Waals surface area (Å²) >= 11 is 11.5. The summed E-state index contributed by atoms with van der Waals surface area (Å²) in [7, 11) is 1.53. The highest BCUT2D eigenvalue weighted by Crippen LogP contribution is 2.27. The lowest BCUT2D eigenvalue weighted by Gasteiger charge is -2.08. The molecular formula is C10H11Cl2NO2. The van der Waals surface area contributed by atoms with Gasteiger partial charge in [0.1, 0.15) is 11.1 Å². The van der Waals surface area contributed by atoms with Crippen molar-refractivity contribution < 1.29 is 9.53 Å². The fourth-order valence-corrected chi connectivity index (χ4v) is 1.30. The maximum atomic E-state index is 11.3. The Hall–Kier alpha value is -0.930. The van der Waals surface area contributed by atoms with Crippen molar-refractivity contribution in [3.8, 4) is 5.75 Å². The van der Waals surface area contributed by atoms with Crippen LogP contribution in [0.1, 0.15) is 6.92 Å². The largest absolute Gasteiger partial charge is 0.495 e. The van der Waals surface area contributed by atoms with E-state index in [4.69, 9.17) is 27.9 Å². The van der Waals surface area contributed by atoms with Gasteiger partial charge in [-0.2, -0.15) is 0 Å². The third-order valence-electron chi connectivity index (χ3n) is 1.78. The molecule has 0 heterocycles.